The van der Waals surface area contributed by atoms with Crippen molar-refractivity contribution in [1.29, 1.82) is 5.26 Å². The summed E-state index contributed by atoms with van der Waals surface area (Å²) >= 11 is 0. The molecule has 0 bridgehead atoms. The van der Waals surface area contributed by atoms with Crippen molar-refractivity contribution in [3.8, 4) is 6.07 Å². The Balaban J connectivity index is 1.83. The Kier molecular flexibility index (Phi) is 8.22. The van der Waals surface area contributed by atoms with Crippen LogP contribution in [0.3, 0.4) is 0 Å². The van der Waals surface area contributed by atoms with Gasteiger partial charge in [-0.05, 0) is 85.4 Å². The molecule has 0 saturated heterocycles. The maximum absolute atomic E-state index is 12.6. The highest BCUT2D eigenvalue weighted by molar-refractivity contribution is 5.67. The molecule has 0 spiro atoms. The van der Waals surface area contributed by atoms with Crippen LogP contribution < -0.4 is 0 Å². The van der Waals surface area contributed by atoms with Crippen LogP contribution in [0.1, 0.15) is 99.8 Å². The lowest BCUT2D eigenvalue weighted by molar-refractivity contribution is -0.248. The number of carbonyl (C=O) groups is 3. The zero-order valence-corrected chi connectivity index (χ0v) is 24.3. The van der Waals surface area contributed by atoms with E-state index in [1.54, 1.807) is 0 Å². The molecule has 4 fully saturated rings. The fourth-order valence-corrected chi connectivity index (χ4v) is 10.3. The third-order valence-corrected chi connectivity index (χ3v) is 11.4. The molecule has 7 heteroatoms. The van der Waals surface area contributed by atoms with Gasteiger partial charge in [0.15, 0.2) is 0 Å². The van der Waals surface area contributed by atoms with Gasteiger partial charge in [0.1, 0.15) is 18.3 Å². The second kappa shape index (κ2) is 10.8. The highest BCUT2D eigenvalue weighted by atomic mass is 16.6. The van der Waals surface area contributed by atoms with Crippen molar-refractivity contribution < 1.29 is 28.6 Å². The predicted octanol–water partition coefficient (Wildman–Crippen LogP) is 5.85. The summed E-state index contributed by atoms with van der Waals surface area (Å²) in [4.78, 5) is 36.9. The van der Waals surface area contributed by atoms with Crippen LogP contribution >= 0.6 is 0 Å². The van der Waals surface area contributed by atoms with Crippen LogP contribution in [0.4, 0.5) is 0 Å². The summed E-state index contributed by atoms with van der Waals surface area (Å²) in [5.74, 6) is 0.603. The van der Waals surface area contributed by atoms with Gasteiger partial charge in [-0.3, -0.25) is 14.4 Å². The van der Waals surface area contributed by atoms with E-state index in [4.69, 9.17) is 14.2 Å². The first kappa shape index (κ1) is 28.9. The summed E-state index contributed by atoms with van der Waals surface area (Å²) in [6.45, 7) is 13.5. The van der Waals surface area contributed by atoms with Crippen molar-refractivity contribution in [2.45, 2.75) is 118 Å². The Bertz CT molecular complexity index is 974. The number of nitrogens with zero attached hydrogens (tertiary/aromatic N) is 1. The molecule has 0 aromatic heterocycles. The van der Waals surface area contributed by atoms with Crippen LogP contribution in [0.15, 0.2) is 0 Å². The molecule has 0 N–H and O–H groups in total. The van der Waals surface area contributed by atoms with Gasteiger partial charge >= 0.3 is 17.9 Å². The Morgan fingerprint density at radius 3 is 2.18 bits per heavy atom. The van der Waals surface area contributed by atoms with Gasteiger partial charge in [0.25, 0.3) is 0 Å². The first-order valence-electron chi connectivity index (χ1n) is 14.8. The maximum Gasteiger partial charge on any atom is 0.302 e. The minimum absolute atomic E-state index is 0.0601. The zero-order chi connectivity index (χ0) is 28.0. The highest BCUT2D eigenvalue weighted by Gasteiger charge is 2.69. The summed E-state index contributed by atoms with van der Waals surface area (Å²) in [6.07, 6.45) is 5.96. The van der Waals surface area contributed by atoms with Gasteiger partial charge < -0.3 is 14.2 Å². The third-order valence-electron chi connectivity index (χ3n) is 11.4. The lowest BCUT2D eigenvalue weighted by Gasteiger charge is -2.66. The van der Waals surface area contributed by atoms with E-state index in [0.29, 0.717) is 18.3 Å². The van der Waals surface area contributed by atoms with Crippen LogP contribution in [0.5, 0.6) is 0 Å². The molecule has 38 heavy (non-hydrogen) atoms. The first-order valence-corrected chi connectivity index (χ1v) is 14.8. The van der Waals surface area contributed by atoms with E-state index < -0.39 is 0 Å². The summed E-state index contributed by atoms with van der Waals surface area (Å²) < 4.78 is 18.2. The number of carbonyl (C=O) groups excluding carboxylic acids is 3. The van der Waals surface area contributed by atoms with E-state index in [0.717, 1.165) is 44.9 Å². The van der Waals surface area contributed by atoms with E-state index in [1.165, 1.54) is 20.8 Å². The van der Waals surface area contributed by atoms with Gasteiger partial charge in [0, 0.05) is 39.0 Å². The number of nitriles is 1. The minimum Gasteiger partial charge on any atom is -0.463 e. The number of hydrogen-bond acceptors (Lipinski definition) is 7. The van der Waals surface area contributed by atoms with Gasteiger partial charge in [-0.1, -0.05) is 27.7 Å². The molecule has 0 unspecified atom stereocenters. The lowest BCUT2D eigenvalue weighted by Crippen LogP contribution is -2.67. The molecule has 212 valence electrons. The maximum atomic E-state index is 12.6. The minimum atomic E-state index is -0.276. The molecule has 4 aliphatic rings. The Morgan fingerprint density at radius 1 is 0.947 bits per heavy atom. The van der Waals surface area contributed by atoms with Crippen molar-refractivity contribution in [3.05, 3.63) is 0 Å². The van der Waals surface area contributed by atoms with E-state index in [1.807, 2.05) is 0 Å². The van der Waals surface area contributed by atoms with E-state index >= 15 is 0 Å². The largest absolute Gasteiger partial charge is 0.463 e. The molecule has 0 radical (unpaired) electrons. The molecular formula is C31H47NO6. The van der Waals surface area contributed by atoms with Crippen LogP contribution in [-0.2, 0) is 28.6 Å². The van der Waals surface area contributed by atoms with Gasteiger partial charge in [-0.15, -0.1) is 0 Å². The molecule has 0 aromatic carbocycles. The van der Waals surface area contributed by atoms with Gasteiger partial charge in [-0.25, -0.2) is 0 Å². The lowest BCUT2D eigenvalue weighted by atomic mass is 9.40. The van der Waals surface area contributed by atoms with Crippen molar-refractivity contribution in [1.82, 2.24) is 0 Å². The normalized spacial score (nSPS) is 44.4. The average molecular weight is 530 g/mol. The number of rotatable bonds is 6. The molecular weight excluding hydrogens is 482 g/mol. The van der Waals surface area contributed by atoms with Crippen LogP contribution in [0.25, 0.3) is 0 Å². The quantitative estimate of drug-likeness (QED) is 0.314. The van der Waals surface area contributed by atoms with Crippen molar-refractivity contribution >= 4 is 17.9 Å². The number of hydrogen-bond donors (Lipinski definition) is 0. The standard InChI is InChI=1S/C31H47NO6/c1-8-22-25-15-21(36-18(3)33)11-13-30(25,6)28-26(37-19(4)34)16-31(7)23(17(2)12-14-32)9-10-24(31)27(28)29(22)38-20(5)35/h17,21-29H,8-13,15-16H2,1-7H3/t17-,21-,22-,23-,24+,25+,26+,27+,28+,29-,30+,31-/m1/s1. The molecule has 7 nitrogen and oxygen atoms in total. The number of esters is 3. The first-order chi connectivity index (χ1) is 17.9. The van der Waals surface area contributed by atoms with Crippen molar-refractivity contribution in [3.63, 3.8) is 0 Å². The Morgan fingerprint density at radius 2 is 1.61 bits per heavy atom. The fourth-order valence-electron chi connectivity index (χ4n) is 10.3. The molecule has 4 saturated carbocycles. The Hall–Kier alpha value is -2.10. The fraction of sp³-hybridized carbons (Fsp3) is 0.871. The molecule has 0 aromatic rings. The summed E-state index contributed by atoms with van der Waals surface area (Å²) in [5, 5.41) is 9.47. The second-order valence-corrected chi connectivity index (χ2v) is 13.4. The van der Waals surface area contributed by atoms with E-state index in [9.17, 15) is 19.6 Å². The van der Waals surface area contributed by atoms with Crippen LogP contribution in [0.2, 0.25) is 0 Å². The predicted molar refractivity (Wildman–Crippen MR) is 141 cm³/mol. The summed E-state index contributed by atoms with van der Waals surface area (Å²) in [6, 6.07) is 2.38. The molecule has 0 heterocycles. The summed E-state index contributed by atoms with van der Waals surface area (Å²) in [5.41, 5.74) is -0.233. The monoisotopic (exact) mass is 529 g/mol. The van der Waals surface area contributed by atoms with E-state index in [-0.39, 0.29) is 76.6 Å². The number of ether oxygens (including phenoxy) is 3. The van der Waals surface area contributed by atoms with Gasteiger partial charge in [0.05, 0.1) is 6.07 Å². The van der Waals surface area contributed by atoms with Crippen molar-refractivity contribution in [2.24, 2.45) is 52.3 Å². The topological polar surface area (TPSA) is 103 Å². The van der Waals surface area contributed by atoms with Gasteiger partial charge in [-0.2, -0.15) is 5.26 Å². The molecule has 4 aliphatic carbocycles. The molecule has 4 rings (SSSR count). The number of fused-ring (bicyclic) bond motifs is 5. The second-order valence-electron chi connectivity index (χ2n) is 13.4. The Labute approximate surface area is 228 Å². The SMILES string of the molecule is CC[C@H]1[C@@H](OC(C)=O)[C@@H]2[C@H]([C@@H](OC(C)=O)C[C@]3(C)[C@@H]([C@H](C)CC#N)CC[C@@H]23)[C@@]2(C)CC[C@@H](OC(C)=O)C[C@@H]12. The summed E-state index contributed by atoms with van der Waals surface area (Å²) in [7, 11) is 0. The highest BCUT2D eigenvalue weighted by Crippen LogP contribution is 2.70. The molecule has 0 amide bonds. The van der Waals surface area contributed by atoms with Gasteiger partial charge in [0.2, 0.25) is 0 Å². The average Bonchev–Trinajstić information content (AvgIpc) is 3.15. The molecule has 12 atom stereocenters. The van der Waals surface area contributed by atoms with E-state index in [2.05, 4.69) is 33.8 Å². The zero-order valence-electron chi connectivity index (χ0n) is 24.3. The molecule has 0 aliphatic heterocycles. The third kappa shape index (κ3) is 4.86. The van der Waals surface area contributed by atoms with Crippen LogP contribution in [0, 0.1) is 63.6 Å². The van der Waals surface area contributed by atoms with Crippen molar-refractivity contribution in [2.75, 3.05) is 0 Å². The van der Waals surface area contributed by atoms with Crippen LogP contribution in [-0.4, -0.2) is 36.2 Å². The smallest absolute Gasteiger partial charge is 0.302 e.